The number of rotatable bonds is 4. The maximum atomic E-state index is 12.3. The zero-order chi connectivity index (χ0) is 18.0. The lowest BCUT2D eigenvalue weighted by Gasteiger charge is -2.33. The van der Waals surface area contributed by atoms with Gasteiger partial charge in [0.05, 0.1) is 26.6 Å². The molecule has 0 bridgehead atoms. The molecule has 3 rings (SSSR count). The third kappa shape index (κ3) is 3.94. The molecule has 0 atom stereocenters. The van der Waals surface area contributed by atoms with Crippen LogP contribution in [0.25, 0.3) is 0 Å². The molecule has 25 heavy (non-hydrogen) atoms. The second-order valence-corrected chi connectivity index (χ2v) is 7.22. The molecule has 3 heterocycles. The number of aryl methyl sites for hydroxylation is 1. The van der Waals surface area contributed by atoms with Crippen LogP contribution < -0.4 is 10.2 Å². The minimum Gasteiger partial charge on any atom is -0.354 e. The first-order chi connectivity index (χ1) is 11.9. The van der Waals surface area contributed by atoms with Gasteiger partial charge in [0, 0.05) is 32.2 Å². The van der Waals surface area contributed by atoms with Gasteiger partial charge in [0.25, 0.3) is 11.6 Å². The van der Waals surface area contributed by atoms with Crippen molar-refractivity contribution in [3.63, 3.8) is 0 Å². The first kappa shape index (κ1) is 17.3. The van der Waals surface area contributed by atoms with E-state index < -0.39 is 4.92 Å². The monoisotopic (exact) mass is 361 g/mol. The maximum absolute atomic E-state index is 12.3. The number of thiophene rings is 1. The minimum atomic E-state index is -0.477. The highest BCUT2D eigenvalue weighted by molar-refractivity contribution is 7.14. The molecule has 0 unspecified atom stereocenters. The van der Waals surface area contributed by atoms with E-state index in [0.717, 1.165) is 43.3 Å². The van der Waals surface area contributed by atoms with Crippen LogP contribution in [0.15, 0.2) is 24.4 Å². The first-order valence-electron chi connectivity index (χ1n) is 7.90. The molecule has 1 amide bonds. The van der Waals surface area contributed by atoms with Crippen LogP contribution in [0.5, 0.6) is 0 Å². The minimum absolute atomic E-state index is 0.0290. The molecular weight excluding hydrogens is 342 g/mol. The van der Waals surface area contributed by atoms with Crippen LogP contribution in [0.1, 0.15) is 14.5 Å². The summed E-state index contributed by atoms with van der Waals surface area (Å²) in [6.45, 7) is 5.47. The van der Waals surface area contributed by atoms with Gasteiger partial charge >= 0.3 is 0 Å². The Morgan fingerprint density at radius 2 is 2.04 bits per heavy atom. The van der Waals surface area contributed by atoms with E-state index in [4.69, 9.17) is 0 Å². The summed E-state index contributed by atoms with van der Waals surface area (Å²) in [5, 5.41) is 13.6. The Labute approximate surface area is 149 Å². The fourth-order valence-corrected chi connectivity index (χ4v) is 3.52. The van der Waals surface area contributed by atoms with Crippen molar-refractivity contribution >= 4 is 34.4 Å². The molecule has 0 aromatic carbocycles. The third-order valence-electron chi connectivity index (χ3n) is 4.15. The highest BCUT2D eigenvalue weighted by Crippen LogP contribution is 2.28. The van der Waals surface area contributed by atoms with Crippen molar-refractivity contribution in [2.24, 2.45) is 0 Å². The highest BCUT2D eigenvalue weighted by atomic mass is 32.1. The molecule has 0 spiro atoms. The molecule has 1 N–H and O–H groups in total. The van der Waals surface area contributed by atoms with Gasteiger partial charge < -0.3 is 15.1 Å². The molecule has 1 aliphatic rings. The average Bonchev–Trinajstić information content (AvgIpc) is 2.99. The molecule has 1 saturated heterocycles. The Morgan fingerprint density at radius 3 is 2.60 bits per heavy atom. The molecule has 2 aromatic heterocycles. The summed E-state index contributed by atoms with van der Waals surface area (Å²) in [5.74, 6) is 0.518. The number of nitro groups is 1. The zero-order valence-corrected chi connectivity index (χ0v) is 14.9. The van der Waals surface area contributed by atoms with Gasteiger partial charge in [-0.1, -0.05) is 0 Å². The third-order valence-corrected chi connectivity index (χ3v) is 5.18. The number of carbonyl (C=O) groups excluding carboxylic acids is 1. The molecule has 2 aromatic rings. The highest BCUT2D eigenvalue weighted by Gasteiger charge is 2.20. The van der Waals surface area contributed by atoms with E-state index in [-0.39, 0.29) is 11.6 Å². The van der Waals surface area contributed by atoms with E-state index >= 15 is 0 Å². The number of nitrogens with one attached hydrogen (secondary N) is 1. The number of nitrogens with zero attached hydrogens (tertiary/aromatic N) is 4. The van der Waals surface area contributed by atoms with Crippen LogP contribution in [0.2, 0.25) is 0 Å². The summed E-state index contributed by atoms with van der Waals surface area (Å²) >= 11 is 1.11. The van der Waals surface area contributed by atoms with E-state index in [9.17, 15) is 14.9 Å². The number of amides is 1. The van der Waals surface area contributed by atoms with Crippen LogP contribution in [-0.2, 0) is 0 Å². The SMILES string of the molecule is Cc1sc(C(=O)Nc2ccc(N3CCN(C)CC3)nc2)cc1[N+](=O)[O-]. The normalized spacial score (nSPS) is 15.2. The summed E-state index contributed by atoms with van der Waals surface area (Å²) in [7, 11) is 2.10. The predicted molar refractivity (Wildman–Crippen MR) is 97.6 cm³/mol. The molecule has 9 heteroatoms. The van der Waals surface area contributed by atoms with Gasteiger partial charge in [-0.25, -0.2) is 4.98 Å². The molecule has 1 fully saturated rings. The van der Waals surface area contributed by atoms with Crippen molar-refractivity contribution in [2.45, 2.75) is 6.92 Å². The van der Waals surface area contributed by atoms with Gasteiger partial charge in [-0.15, -0.1) is 11.3 Å². The maximum Gasteiger partial charge on any atom is 0.283 e. The summed E-state index contributed by atoms with van der Waals surface area (Å²) in [6.07, 6.45) is 1.61. The zero-order valence-electron chi connectivity index (χ0n) is 14.1. The van der Waals surface area contributed by atoms with E-state index in [2.05, 4.69) is 27.1 Å². The lowest BCUT2D eigenvalue weighted by molar-refractivity contribution is -0.385. The number of hydrogen-bond acceptors (Lipinski definition) is 7. The second-order valence-electron chi connectivity index (χ2n) is 5.96. The van der Waals surface area contributed by atoms with Crippen LogP contribution in [0.3, 0.4) is 0 Å². The Kier molecular flexibility index (Phi) is 4.95. The fraction of sp³-hybridized carbons (Fsp3) is 0.375. The Balaban J connectivity index is 1.66. The lowest BCUT2D eigenvalue weighted by atomic mass is 10.3. The van der Waals surface area contributed by atoms with Crippen LogP contribution in [-0.4, -0.2) is 53.9 Å². The molecule has 0 aliphatic carbocycles. The number of aromatic nitrogens is 1. The Hall–Kier alpha value is -2.52. The van der Waals surface area contributed by atoms with Gasteiger partial charge in [0.15, 0.2) is 0 Å². The molecule has 0 radical (unpaired) electrons. The topological polar surface area (TPSA) is 91.6 Å². The number of carbonyl (C=O) groups is 1. The van der Waals surface area contributed by atoms with Gasteiger partial charge in [-0.05, 0) is 26.1 Å². The van der Waals surface area contributed by atoms with Crippen LogP contribution in [0, 0.1) is 17.0 Å². The summed E-state index contributed by atoms with van der Waals surface area (Å²) in [6, 6.07) is 4.98. The van der Waals surface area contributed by atoms with Gasteiger partial charge in [-0.2, -0.15) is 0 Å². The van der Waals surface area contributed by atoms with E-state index in [0.29, 0.717) is 15.4 Å². The predicted octanol–water partition coefficient (Wildman–Crippen LogP) is 2.36. The van der Waals surface area contributed by atoms with E-state index in [1.165, 1.54) is 6.07 Å². The molecular formula is C16H19N5O3S. The Morgan fingerprint density at radius 1 is 1.32 bits per heavy atom. The summed E-state index contributed by atoms with van der Waals surface area (Å²) < 4.78 is 0. The van der Waals surface area contributed by atoms with E-state index in [1.807, 2.05) is 6.07 Å². The standard InChI is InChI=1S/C16H19N5O3S/c1-11-13(21(23)24)9-14(25-11)16(22)18-12-3-4-15(17-10-12)20-7-5-19(2)6-8-20/h3-4,9-10H,5-8H2,1-2H3,(H,18,22). The quantitative estimate of drug-likeness (QED) is 0.664. The smallest absolute Gasteiger partial charge is 0.283 e. The molecule has 0 saturated carbocycles. The largest absolute Gasteiger partial charge is 0.354 e. The number of hydrogen-bond donors (Lipinski definition) is 1. The van der Waals surface area contributed by atoms with Gasteiger partial charge in [0.2, 0.25) is 0 Å². The van der Waals surface area contributed by atoms with Gasteiger partial charge in [0.1, 0.15) is 5.82 Å². The number of pyridine rings is 1. The number of piperazine rings is 1. The van der Waals surface area contributed by atoms with Crippen LogP contribution >= 0.6 is 11.3 Å². The van der Waals surface area contributed by atoms with Crippen molar-refractivity contribution in [1.29, 1.82) is 0 Å². The van der Waals surface area contributed by atoms with Crippen molar-refractivity contribution in [2.75, 3.05) is 43.4 Å². The average molecular weight is 361 g/mol. The number of likely N-dealkylation sites (N-methyl/N-ethyl adjacent to an activating group) is 1. The first-order valence-corrected chi connectivity index (χ1v) is 8.71. The van der Waals surface area contributed by atoms with Crippen molar-refractivity contribution in [3.8, 4) is 0 Å². The van der Waals surface area contributed by atoms with Crippen molar-refractivity contribution in [3.05, 3.63) is 44.3 Å². The van der Waals surface area contributed by atoms with Crippen LogP contribution in [0.4, 0.5) is 17.2 Å². The molecule has 8 nitrogen and oxygen atoms in total. The summed E-state index contributed by atoms with van der Waals surface area (Å²) in [5.41, 5.74) is 0.537. The molecule has 132 valence electrons. The number of anilines is 2. The summed E-state index contributed by atoms with van der Waals surface area (Å²) in [4.78, 5) is 32.4. The second kappa shape index (κ2) is 7.16. The lowest BCUT2D eigenvalue weighted by Crippen LogP contribution is -2.44. The Bertz CT molecular complexity index is 782. The van der Waals surface area contributed by atoms with Crippen molar-refractivity contribution < 1.29 is 9.72 Å². The van der Waals surface area contributed by atoms with Crippen molar-refractivity contribution in [1.82, 2.24) is 9.88 Å². The fourth-order valence-electron chi connectivity index (χ4n) is 2.64. The van der Waals surface area contributed by atoms with Gasteiger partial charge in [-0.3, -0.25) is 14.9 Å². The van der Waals surface area contributed by atoms with E-state index in [1.54, 1.807) is 19.2 Å². The molecule has 1 aliphatic heterocycles.